The van der Waals surface area contributed by atoms with Crippen LogP contribution in [0.5, 0.6) is 11.5 Å². The van der Waals surface area contributed by atoms with E-state index in [-0.39, 0.29) is 13.2 Å². The van der Waals surface area contributed by atoms with Crippen LogP contribution in [0.1, 0.15) is 51.4 Å². The van der Waals surface area contributed by atoms with Gasteiger partial charge in [-0.25, -0.2) is 0 Å². The number of ether oxygens (including phenoxy) is 2. The standard InChI is InChI=1S/C38H42O4/c39-25-9-1-3-11-27-41-31-21-17-29(18-22-31)37-33-13-5-7-15-35(33)38(36-16-8-6-14-34(36)37)30-19-23-32(24-20-30)42-28-12-4-2-10-26-40/h5-8,13-24,39-40H,1-4,9-12,25-28H2. The summed E-state index contributed by atoms with van der Waals surface area (Å²) in [5, 5.41) is 22.8. The Balaban J connectivity index is 1.41. The number of hydrogen-bond acceptors (Lipinski definition) is 4. The minimum atomic E-state index is 0.266. The van der Waals surface area contributed by atoms with Crippen molar-refractivity contribution < 1.29 is 19.7 Å². The fraction of sp³-hybridized carbons (Fsp3) is 0.316. The third kappa shape index (κ3) is 7.31. The van der Waals surface area contributed by atoms with E-state index in [4.69, 9.17) is 19.7 Å². The number of aliphatic hydroxyl groups is 2. The molecule has 0 aromatic heterocycles. The molecule has 218 valence electrons. The van der Waals surface area contributed by atoms with E-state index < -0.39 is 0 Å². The zero-order valence-electron chi connectivity index (χ0n) is 24.4. The molecule has 5 aromatic carbocycles. The third-order valence-electron chi connectivity index (χ3n) is 7.86. The van der Waals surface area contributed by atoms with Crippen molar-refractivity contribution in [2.75, 3.05) is 26.4 Å². The largest absolute Gasteiger partial charge is 0.494 e. The Morgan fingerprint density at radius 2 is 0.714 bits per heavy atom. The van der Waals surface area contributed by atoms with Gasteiger partial charge in [0.25, 0.3) is 0 Å². The van der Waals surface area contributed by atoms with Crippen molar-refractivity contribution in [2.45, 2.75) is 51.4 Å². The van der Waals surface area contributed by atoms with Crippen LogP contribution >= 0.6 is 0 Å². The van der Waals surface area contributed by atoms with Gasteiger partial charge in [-0.3, -0.25) is 0 Å². The Morgan fingerprint density at radius 3 is 1.05 bits per heavy atom. The van der Waals surface area contributed by atoms with Gasteiger partial charge in [0.15, 0.2) is 0 Å². The monoisotopic (exact) mass is 562 g/mol. The van der Waals surface area contributed by atoms with Gasteiger partial charge < -0.3 is 19.7 Å². The SMILES string of the molecule is OCCCCCCOc1ccc(-c2c3ccccc3c(-c3ccc(OCCCCCCO)cc3)c3ccccc23)cc1. The highest BCUT2D eigenvalue weighted by Gasteiger charge is 2.16. The van der Waals surface area contributed by atoms with Crippen LogP contribution < -0.4 is 9.47 Å². The van der Waals surface area contributed by atoms with E-state index >= 15 is 0 Å². The maximum atomic E-state index is 8.95. The molecule has 4 heteroatoms. The second-order valence-corrected chi connectivity index (χ2v) is 10.9. The Labute approximate surface area is 249 Å². The van der Waals surface area contributed by atoms with Crippen LogP contribution in [-0.4, -0.2) is 36.6 Å². The van der Waals surface area contributed by atoms with E-state index in [0.29, 0.717) is 13.2 Å². The molecule has 0 atom stereocenters. The highest BCUT2D eigenvalue weighted by atomic mass is 16.5. The molecule has 0 spiro atoms. The molecule has 0 aliphatic rings. The number of aliphatic hydroxyl groups excluding tert-OH is 2. The first-order valence-electron chi connectivity index (χ1n) is 15.4. The lowest BCUT2D eigenvalue weighted by atomic mass is 9.86. The van der Waals surface area contributed by atoms with E-state index in [9.17, 15) is 0 Å². The minimum Gasteiger partial charge on any atom is -0.494 e. The van der Waals surface area contributed by atoms with Crippen molar-refractivity contribution in [1.82, 2.24) is 0 Å². The van der Waals surface area contributed by atoms with Gasteiger partial charge >= 0.3 is 0 Å². The Hall–Kier alpha value is -3.86. The molecule has 5 aromatic rings. The second-order valence-electron chi connectivity index (χ2n) is 10.9. The van der Waals surface area contributed by atoms with Crippen LogP contribution in [0.2, 0.25) is 0 Å². The van der Waals surface area contributed by atoms with E-state index in [1.165, 1.54) is 43.8 Å². The first-order valence-corrected chi connectivity index (χ1v) is 15.4. The predicted octanol–water partition coefficient (Wildman–Crippen LogP) is 9.19. The molecule has 42 heavy (non-hydrogen) atoms. The first-order chi connectivity index (χ1) is 20.8. The van der Waals surface area contributed by atoms with Gasteiger partial charge in [0.2, 0.25) is 0 Å². The molecule has 2 N–H and O–H groups in total. The molecule has 0 saturated carbocycles. The fourth-order valence-corrected chi connectivity index (χ4v) is 5.70. The lowest BCUT2D eigenvalue weighted by molar-refractivity contribution is 0.273. The zero-order chi connectivity index (χ0) is 29.0. The average Bonchev–Trinajstić information content (AvgIpc) is 3.04. The summed E-state index contributed by atoms with van der Waals surface area (Å²) in [5.74, 6) is 1.78. The van der Waals surface area contributed by atoms with Crippen molar-refractivity contribution >= 4 is 21.5 Å². The third-order valence-corrected chi connectivity index (χ3v) is 7.86. The molecule has 0 fully saturated rings. The Bertz CT molecular complexity index is 1370. The molecule has 0 aliphatic carbocycles. The number of hydrogen-bond donors (Lipinski definition) is 2. The summed E-state index contributed by atoms with van der Waals surface area (Å²) in [6.07, 6.45) is 7.95. The Kier molecular flexibility index (Phi) is 10.9. The summed E-state index contributed by atoms with van der Waals surface area (Å²) in [6, 6.07) is 34.4. The van der Waals surface area contributed by atoms with E-state index in [0.717, 1.165) is 62.9 Å². The highest BCUT2D eigenvalue weighted by molar-refractivity contribution is 6.21. The van der Waals surface area contributed by atoms with E-state index in [2.05, 4.69) is 97.1 Å². The highest BCUT2D eigenvalue weighted by Crippen LogP contribution is 2.44. The summed E-state index contributed by atoms with van der Waals surface area (Å²) in [6.45, 7) is 1.92. The maximum absolute atomic E-state index is 8.95. The smallest absolute Gasteiger partial charge is 0.119 e. The molecular weight excluding hydrogens is 520 g/mol. The molecule has 0 bridgehead atoms. The fourth-order valence-electron chi connectivity index (χ4n) is 5.70. The molecule has 0 amide bonds. The van der Waals surface area contributed by atoms with Crippen LogP contribution in [0.15, 0.2) is 97.1 Å². The van der Waals surface area contributed by atoms with Gasteiger partial charge in [-0.15, -0.1) is 0 Å². The number of rotatable bonds is 16. The molecule has 0 radical (unpaired) electrons. The van der Waals surface area contributed by atoms with Crippen molar-refractivity contribution in [3.05, 3.63) is 97.1 Å². The van der Waals surface area contributed by atoms with Crippen molar-refractivity contribution in [3.8, 4) is 33.8 Å². The normalized spacial score (nSPS) is 11.3. The minimum absolute atomic E-state index is 0.266. The molecule has 0 saturated heterocycles. The summed E-state index contributed by atoms with van der Waals surface area (Å²) >= 11 is 0. The first kappa shape index (κ1) is 29.6. The molecule has 0 heterocycles. The van der Waals surface area contributed by atoms with Gasteiger partial charge in [-0.05, 0) is 107 Å². The van der Waals surface area contributed by atoms with E-state index in [1.54, 1.807) is 0 Å². The lowest BCUT2D eigenvalue weighted by Gasteiger charge is -2.18. The van der Waals surface area contributed by atoms with Crippen LogP contribution in [0.25, 0.3) is 43.8 Å². The summed E-state index contributed by atoms with van der Waals surface area (Å²) < 4.78 is 12.0. The summed E-state index contributed by atoms with van der Waals surface area (Å²) in [5.41, 5.74) is 4.82. The van der Waals surface area contributed by atoms with Crippen LogP contribution in [0, 0.1) is 0 Å². The van der Waals surface area contributed by atoms with Crippen molar-refractivity contribution in [2.24, 2.45) is 0 Å². The number of benzene rings is 5. The van der Waals surface area contributed by atoms with Crippen molar-refractivity contribution in [3.63, 3.8) is 0 Å². The van der Waals surface area contributed by atoms with Gasteiger partial charge in [0, 0.05) is 13.2 Å². The van der Waals surface area contributed by atoms with Crippen LogP contribution in [0.3, 0.4) is 0 Å². The van der Waals surface area contributed by atoms with Gasteiger partial charge in [0.1, 0.15) is 11.5 Å². The van der Waals surface area contributed by atoms with E-state index in [1.807, 2.05) is 0 Å². The van der Waals surface area contributed by atoms with Gasteiger partial charge in [-0.1, -0.05) is 85.6 Å². The van der Waals surface area contributed by atoms with Crippen LogP contribution in [-0.2, 0) is 0 Å². The molecule has 0 unspecified atom stereocenters. The molecule has 5 rings (SSSR count). The molecule has 0 aliphatic heterocycles. The molecule has 4 nitrogen and oxygen atoms in total. The summed E-state index contributed by atoms with van der Waals surface area (Å²) in [4.78, 5) is 0. The van der Waals surface area contributed by atoms with Gasteiger partial charge in [-0.2, -0.15) is 0 Å². The predicted molar refractivity (Wildman–Crippen MR) is 174 cm³/mol. The number of unbranched alkanes of at least 4 members (excludes halogenated alkanes) is 6. The zero-order valence-corrected chi connectivity index (χ0v) is 24.4. The Morgan fingerprint density at radius 1 is 0.381 bits per heavy atom. The quantitative estimate of drug-likeness (QED) is 0.0930. The van der Waals surface area contributed by atoms with Crippen LogP contribution in [0.4, 0.5) is 0 Å². The maximum Gasteiger partial charge on any atom is 0.119 e. The topological polar surface area (TPSA) is 58.9 Å². The molecular formula is C38H42O4. The van der Waals surface area contributed by atoms with Crippen molar-refractivity contribution in [1.29, 1.82) is 0 Å². The second kappa shape index (κ2) is 15.4. The number of fused-ring (bicyclic) bond motifs is 2. The van der Waals surface area contributed by atoms with Gasteiger partial charge in [0.05, 0.1) is 13.2 Å². The average molecular weight is 563 g/mol. The summed E-state index contributed by atoms with van der Waals surface area (Å²) in [7, 11) is 0. The lowest BCUT2D eigenvalue weighted by Crippen LogP contribution is -1.98.